The first-order valence-electron chi connectivity index (χ1n) is 5.18. The fraction of sp³-hybridized carbons (Fsp3) is 0.727. The Morgan fingerprint density at radius 2 is 2.08 bits per heavy atom. The number of nitrogens with two attached hydrogens (primary N) is 1. The molecule has 1 unspecified atom stereocenters. The minimum Gasteiger partial charge on any atom is -0.402 e. The van der Waals surface area contributed by atoms with Crippen molar-refractivity contribution in [2.45, 2.75) is 52.5 Å². The number of allylic oxidation sites excluding steroid dienone is 2. The highest BCUT2D eigenvalue weighted by Gasteiger charge is 1.93. The zero-order chi connectivity index (χ0) is 10.1. The molecular formula is C11H22N2. The van der Waals surface area contributed by atoms with Gasteiger partial charge in [-0.1, -0.05) is 26.7 Å². The van der Waals surface area contributed by atoms with Crippen LogP contribution in [-0.2, 0) is 0 Å². The van der Waals surface area contributed by atoms with Crippen molar-refractivity contribution in [3.63, 3.8) is 0 Å². The van der Waals surface area contributed by atoms with Crippen LogP contribution in [-0.4, -0.2) is 12.3 Å². The van der Waals surface area contributed by atoms with Gasteiger partial charge in [-0.15, -0.1) is 0 Å². The van der Waals surface area contributed by atoms with Gasteiger partial charge < -0.3 is 5.73 Å². The monoisotopic (exact) mass is 182 g/mol. The fourth-order valence-electron chi connectivity index (χ4n) is 1.15. The lowest BCUT2D eigenvalue weighted by atomic mass is 10.2. The van der Waals surface area contributed by atoms with Crippen LogP contribution in [0.3, 0.4) is 0 Å². The lowest BCUT2D eigenvalue weighted by Gasteiger charge is -2.01. The molecule has 0 aromatic heterocycles. The summed E-state index contributed by atoms with van der Waals surface area (Å²) in [4.78, 5) is 4.35. The van der Waals surface area contributed by atoms with Gasteiger partial charge in [-0.05, 0) is 25.8 Å². The predicted molar refractivity (Wildman–Crippen MR) is 60.0 cm³/mol. The van der Waals surface area contributed by atoms with Crippen molar-refractivity contribution in [1.29, 1.82) is 0 Å². The van der Waals surface area contributed by atoms with Crippen LogP contribution in [0.1, 0.15) is 46.5 Å². The molecule has 0 spiro atoms. The molecule has 2 N–H and O–H groups in total. The van der Waals surface area contributed by atoms with E-state index in [-0.39, 0.29) is 0 Å². The van der Waals surface area contributed by atoms with Gasteiger partial charge in [0.1, 0.15) is 0 Å². The molecule has 0 heterocycles. The van der Waals surface area contributed by atoms with E-state index in [9.17, 15) is 0 Å². The largest absolute Gasteiger partial charge is 0.402 e. The fourth-order valence-corrected chi connectivity index (χ4v) is 1.15. The Morgan fingerprint density at radius 1 is 1.38 bits per heavy atom. The minimum absolute atomic E-state index is 0.427. The van der Waals surface area contributed by atoms with E-state index < -0.39 is 0 Å². The summed E-state index contributed by atoms with van der Waals surface area (Å²) in [6.07, 6.45) is 8.15. The Kier molecular flexibility index (Phi) is 7.36. The van der Waals surface area contributed by atoms with Crippen molar-refractivity contribution in [2.75, 3.05) is 0 Å². The third-order valence-electron chi connectivity index (χ3n) is 1.87. The molecule has 0 rings (SSSR count). The topological polar surface area (TPSA) is 38.4 Å². The van der Waals surface area contributed by atoms with Gasteiger partial charge in [0.25, 0.3) is 0 Å². The Balaban J connectivity index is 3.77. The molecule has 0 aliphatic heterocycles. The molecule has 0 saturated heterocycles. The molecule has 0 aliphatic rings. The second kappa shape index (κ2) is 7.84. The van der Waals surface area contributed by atoms with Gasteiger partial charge >= 0.3 is 0 Å². The first-order chi connectivity index (χ1) is 6.20. The highest BCUT2D eigenvalue weighted by atomic mass is 14.7. The summed E-state index contributed by atoms with van der Waals surface area (Å²) in [5.74, 6) is 0. The SMILES string of the molecule is CCCC(N)=CC=NC(C)CCC. The standard InChI is InChI=1S/C11H22N2/c1-4-6-10(3)13-9-8-11(12)7-5-2/h8-10H,4-7,12H2,1-3H3. The molecule has 2 nitrogen and oxygen atoms in total. The molecule has 0 bridgehead atoms. The molecule has 0 fully saturated rings. The maximum atomic E-state index is 5.71. The van der Waals surface area contributed by atoms with Crippen LogP contribution in [0.5, 0.6) is 0 Å². The van der Waals surface area contributed by atoms with Crippen molar-refractivity contribution in [3.8, 4) is 0 Å². The normalized spacial score (nSPS) is 15.2. The lowest BCUT2D eigenvalue weighted by Crippen LogP contribution is -1.99. The zero-order valence-electron chi connectivity index (χ0n) is 9.09. The average Bonchev–Trinajstić information content (AvgIpc) is 2.05. The molecule has 2 heteroatoms. The van der Waals surface area contributed by atoms with Gasteiger partial charge in [-0.3, -0.25) is 4.99 Å². The second-order valence-electron chi connectivity index (χ2n) is 3.43. The number of hydrogen-bond donors (Lipinski definition) is 1. The summed E-state index contributed by atoms with van der Waals surface area (Å²) in [5, 5.41) is 0. The second-order valence-corrected chi connectivity index (χ2v) is 3.43. The number of aliphatic imine (C=N–C) groups is 1. The number of nitrogens with zero attached hydrogens (tertiary/aromatic N) is 1. The Hall–Kier alpha value is -0.790. The average molecular weight is 182 g/mol. The molecule has 0 aromatic rings. The van der Waals surface area contributed by atoms with Crippen LogP contribution < -0.4 is 5.73 Å². The molecule has 0 aliphatic carbocycles. The molecule has 0 aromatic carbocycles. The van der Waals surface area contributed by atoms with Gasteiger partial charge in [0, 0.05) is 18.0 Å². The van der Waals surface area contributed by atoms with Crippen LogP contribution in [0.15, 0.2) is 16.8 Å². The molecule has 0 saturated carbocycles. The molecule has 13 heavy (non-hydrogen) atoms. The highest BCUT2D eigenvalue weighted by Crippen LogP contribution is 2.00. The summed E-state index contributed by atoms with van der Waals surface area (Å²) in [6.45, 7) is 6.43. The van der Waals surface area contributed by atoms with Gasteiger partial charge in [0.2, 0.25) is 0 Å². The first-order valence-corrected chi connectivity index (χ1v) is 5.18. The Bertz CT molecular complexity index is 171. The highest BCUT2D eigenvalue weighted by molar-refractivity contribution is 5.72. The van der Waals surface area contributed by atoms with E-state index in [0.29, 0.717) is 6.04 Å². The van der Waals surface area contributed by atoms with Crippen molar-refractivity contribution >= 4 is 6.21 Å². The van der Waals surface area contributed by atoms with E-state index in [4.69, 9.17) is 5.73 Å². The van der Waals surface area contributed by atoms with Crippen molar-refractivity contribution < 1.29 is 0 Å². The van der Waals surface area contributed by atoms with Gasteiger partial charge in [-0.2, -0.15) is 0 Å². The smallest absolute Gasteiger partial charge is 0.0471 e. The maximum Gasteiger partial charge on any atom is 0.0471 e. The van der Waals surface area contributed by atoms with Crippen LogP contribution in [0.25, 0.3) is 0 Å². The lowest BCUT2D eigenvalue weighted by molar-refractivity contribution is 0.657. The first kappa shape index (κ1) is 12.2. The van der Waals surface area contributed by atoms with E-state index in [0.717, 1.165) is 25.0 Å². The quantitative estimate of drug-likeness (QED) is 0.630. The molecular weight excluding hydrogens is 160 g/mol. The summed E-state index contributed by atoms with van der Waals surface area (Å²) in [5.41, 5.74) is 6.64. The summed E-state index contributed by atoms with van der Waals surface area (Å²) >= 11 is 0. The van der Waals surface area contributed by atoms with Crippen molar-refractivity contribution in [1.82, 2.24) is 0 Å². The third kappa shape index (κ3) is 7.57. The van der Waals surface area contributed by atoms with Crippen molar-refractivity contribution in [3.05, 3.63) is 11.8 Å². The minimum atomic E-state index is 0.427. The third-order valence-corrected chi connectivity index (χ3v) is 1.87. The predicted octanol–water partition coefficient (Wildman–Crippen LogP) is 2.89. The van der Waals surface area contributed by atoms with E-state index in [2.05, 4.69) is 25.8 Å². The zero-order valence-corrected chi connectivity index (χ0v) is 9.09. The molecule has 0 amide bonds. The van der Waals surface area contributed by atoms with Crippen LogP contribution in [0.4, 0.5) is 0 Å². The maximum absolute atomic E-state index is 5.71. The van der Waals surface area contributed by atoms with Gasteiger partial charge in [-0.25, -0.2) is 0 Å². The van der Waals surface area contributed by atoms with Gasteiger partial charge in [0.15, 0.2) is 0 Å². The summed E-state index contributed by atoms with van der Waals surface area (Å²) < 4.78 is 0. The molecule has 1 atom stereocenters. The molecule has 76 valence electrons. The van der Waals surface area contributed by atoms with Crippen LogP contribution in [0.2, 0.25) is 0 Å². The summed E-state index contributed by atoms with van der Waals surface area (Å²) in [6, 6.07) is 0.427. The van der Waals surface area contributed by atoms with Crippen molar-refractivity contribution in [2.24, 2.45) is 10.7 Å². The Labute approximate surface area is 81.9 Å². The van der Waals surface area contributed by atoms with Crippen LogP contribution >= 0.6 is 0 Å². The van der Waals surface area contributed by atoms with Crippen LogP contribution in [0, 0.1) is 0 Å². The van der Waals surface area contributed by atoms with E-state index in [1.165, 1.54) is 6.42 Å². The number of rotatable bonds is 6. The van der Waals surface area contributed by atoms with E-state index in [1.54, 1.807) is 0 Å². The Morgan fingerprint density at radius 3 is 2.62 bits per heavy atom. The van der Waals surface area contributed by atoms with E-state index in [1.807, 2.05) is 12.3 Å². The molecule has 0 radical (unpaired) electrons. The summed E-state index contributed by atoms with van der Waals surface area (Å²) in [7, 11) is 0. The van der Waals surface area contributed by atoms with E-state index >= 15 is 0 Å². The number of hydrogen-bond acceptors (Lipinski definition) is 2. The van der Waals surface area contributed by atoms with Gasteiger partial charge in [0.05, 0.1) is 0 Å².